The van der Waals surface area contributed by atoms with E-state index in [-0.39, 0.29) is 11.8 Å². The van der Waals surface area contributed by atoms with Crippen LogP contribution in [0.25, 0.3) is 0 Å². The van der Waals surface area contributed by atoms with Crippen molar-refractivity contribution < 1.29 is 4.79 Å². The molecule has 0 saturated carbocycles. The van der Waals surface area contributed by atoms with Crippen molar-refractivity contribution in [3.63, 3.8) is 0 Å². The molecule has 4 heteroatoms. The molecule has 1 amide bonds. The highest BCUT2D eigenvalue weighted by Crippen LogP contribution is 2.24. The van der Waals surface area contributed by atoms with Gasteiger partial charge in [-0.15, -0.1) is 0 Å². The summed E-state index contributed by atoms with van der Waals surface area (Å²) in [6.07, 6.45) is 4.31. The highest BCUT2D eigenvalue weighted by atomic mass is 16.2. The molecule has 1 saturated heterocycles. The van der Waals surface area contributed by atoms with Crippen LogP contribution in [-0.4, -0.2) is 34.4 Å². The Balaban J connectivity index is 2.22. The molecule has 0 radical (unpaired) electrons. The number of H-pyrrole nitrogens is 1. The number of amides is 1. The van der Waals surface area contributed by atoms with E-state index < -0.39 is 0 Å². The average molecular weight is 165 g/mol. The monoisotopic (exact) mass is 165 g/mol. The van der Waals surface area contributed by atoms with Gasteiger partial charge >= 0.3 is 0 Å². The summed E-state index contributed by atoms with van der Waals surface area (Å²) in [5.74, 6) is 0.930. The largest absolute Gasteiger partial charge is 0.348 e. The van der Waals surface area contributed by atoms with Gasteiger partial charge in [-0.1, -0.05) is 0 Å². The Morgan fingerprint density at radius 3 is 3.08 bits per heavy atom. The molecule has 1 unspecified atom stereocenters. The van der Waals surface area contributed by atoms with Crippen LogP contribution in [0.15, 0.2) is 12.4 Å². The number of hydrogen-bond donors (Lipinski definition) is 1. The maximum Gasteiger partial charge on any atom is 0.233 e. The maximum atomic E-state index is 11.5. The van der Waals surface area contributed by atoms with Gasteiger partial charge in [0.2, 0.25) is 5.91 Å². The van der Waals surface area contributed by atoms with E-state index in [1.165, 1.54) is 0 Å². The van der Waals surface area contributed by atoms with Crippen molar-refractivity contribution in [2.24, 2.45) is 0 Å². The molecule has 2 heterocycles. The standard InChI is InChI=1S/C8H11N3O/c1-11-5-2-6(8(11)12)7-9-3-4-10-7/h3-4,6H,2,5H2,1H3,(H,9,10). The zero-order valence-corrected chi connectivity index (χ0v) is 6.95. The van der Waals surface area contributed by atoms with E-state index in [1.54, 1.807) is 17.3 Å². The molecule has 1 atom stereocenters. The first-order valence-electron chi connectivity index (χ1n) is 4.03. The number of aromatic nitrogens is 2. The Bertz CT molecular complexity index is 281. The first-order valence-corrected chi connectivity index (χ1v) is 4.03. The van der Waals surface area contributed by atoms with Gasteiger partial charge in [0, 0.05) is 26.0 Å². The summed E-state index contributed by atoms with van der Waals surface area (Å²) in [5.41, 5.74) is 0. The van der Waals surface area contributed by atoms with E-state index in [4.69, 9.17) is 0 Å². The van der Waals surface area contributed by atoms with E-state index in [1.807, 2.05) is 7.05 Å². The second-order valence-electron chi connectivity index (χ2n) is 3.08. The highest BCUT2D eigenvalue weighted by molar-refractivity contribution is 5.84. The number of nitrogens with zero attached hydrogens (tertiary/aromatic N) is 2. The van der Waals surface area contributed by atoms with Gasteiger partial charge in [0.15, 0.2) is 0 Å². The molecule has 1 aliphatic rings. The highest BCUT2D eigenvalue weighted by Gasteiger charge is 2.31. The van der Waals surface area contributed by atoms with Crippen LogP contribution in [-0.2, 0) is 4.79 Å². The zero-order valence-electron chi connectivity index (χ0n) is 6.95. The Labute approximate surface area is 70.6 Å². The smallest absolute Gasteiger partial charge is 0.233 e. The third-order valence-electron chi connectivity index (χ3n) is 2.28. The average Bonchev–Trinajstić information content (AvgIpc) is 2.64. The maximum absolute atomic E-state index is 11.5. The van der Waals surface area contributed by atoms with Crippen LogP contribution in [0.1, 0.15) is 18.2 Å². The minimum absolute atomic E-state index is 0.0370. The van der Waals surface area contributed by atoms with Crippen LogP contribution in [0.5, 0.6) is 0 Å². The predicted octanol–water partition coefficient (Wildman–Crippen LogP) is 0.355. The van der Waals surface area contributed by atoms with Crippen molar-refractivity contribution in [3.05, 3.63) is 18.2 Å². The predicted molar refractivity (Wildman–Crippen MR) is 43.6 cm³/mol. The summed E-state index contributed by atoms with van der Waals surface area (Å²) < 4.78 is 0. The molecular formula is C8H11N3O. The molecule has 0 spiro atoms. The third kappa shape index (κ3) is 0.995. The lowest BCUT2D eigenvalue weighted by Crippen LogP contribution is -2.22. The van der Waals surface area contributed by atoms with Crippen LogP contribution < -0.4 is 0 Å². The normalized spacial score (nSPS) is 23.6. The lowest BCUT2D eigenvalue weighted by molar-refractivity contribution is -0.127. The molecule has 0 bridgehead atoms. The molecule has 0 aromatic carbocycles. The van der Waals surface area contributed by atoms with E-state index >= 15 is 0 Å². The number of hydrogen-bond acceptors (Lipinski definition) is 2. The number of carbonyl (C=O) groups is 1. The Morgan fingerprint density at radius 1 is 1.75 bits per heavy atom. The molecule has 64 valence electrons. The second kappa shape index (κ2) is 2.62. The van der Waals surface area contributed by atoms with Crippen LogP contribution >= 0.6 is 0 Å². The Morgan fingerprint density at radius 2 is 2.58 bits per heavy atom. The molecule has 1 aliphatic heterocycles. The number of nitrogens with one attached hydrogen (secondary N) is 1. The van der Waals surface area contributed by atoms with Gasteiger partial charge < -0.3 is 9.88 Å². The number of carbonyl (C=O) groups excluding carboxylic acids is 1. The van der Waals surface area contributed by atoms with E-state index in [2.05, 4.69) is 9.97 Å². The number of aromatic amines is 1. The molecule has 4 nitrogen and oxygen atoms in total. The Kier molecular flexibility index (Phi) is 1.60. The first kappa shape index (κ1) is 7.34. The van der Waals surface area contributed by atoms with Crippen molar-refractivity contribution in [1.82, 2.24) is 14.9 Å². The van der Waals surface area contributed by atoms with Crippen molar-refractivity contribution in [2.45, 2.75) is 12.3 Å². The minimum Gasteiger partial charge on any atom is -0.348 e. The van der Waals surface area contributed by atoms with Crippen LogP contribution in [0.3, 0.4) is 0 Å². The van der Waals surface area contributed by atoms with Crippen molar-refractivity contribution >= 4 is 5.91 Å². The minimum atomic E-state index is -0.0370. The summed E-state index contributed by atoms with van der Waals surface area (Å²) in [5, 5.41) is 0. The summed E-state index contributed by atoms with van der Waals surface area (Å²) in [7, 11) is 1.82. The van der Waals surface area contributed by atoms with Crippen LogP contribution in [0.4, 0.5) is 0 Å². The van der Waals surface area contributed by atoms with Gasteiger partial charge in [-0.05, 0) is 6.42 Å². The van der Waals surface area contributed by atoms with Crippen LogP contribution in [0, 0.1) is 0 Å². The molecule has 1 fully saturated rings. The summed E-state index contributed by atoms with van der Waals surface area (Å²) in [4.78, 5) is 20.3. The number of imidazole rings is 1. The van der Waals surface area contributed by atoms with E-state index in [0.717, 1.165) is 18.8 Å². The van der Waals surface area contributed by atoms with Gasteiger partial charge in [-0.2, -0.15) is 0 Å². The summed E-state index contributed by atoms with van der Waals surface area (Å²) in [6.45, 7) is 0.837. The Hall–Kier alpha value is -1.32. The van der Waals surface area contributed by atoms with Gasteiger partial charge in [-0.25, -0.2) is 4.98 Å². The van der Waals surface area contributed by atoms with E-state index in [9.17, 15) is 4.79 Å². The SMILES string of the molecule is CN1CCC(c2ncc[nH]2)C1=O. The number of likely N-dealkylation sites (N-methyl/N-ethyl adjacent to an activating group) is 1. The fourth-order valence-electron chi connectivity index (χ4n) is 1.54. The molecule has 1 N–H and O–H groups in total. The van der Waals surface area contributed by atoms with Crippen molar-refractivity contribution in [1.29, 1.82) is 0 Å². The summed E-state index contributed by atoms with van der Waals surface area (Å²) in [6, 6.07) is 0. The van der Waals surface area contributed by atoms with Gasteiger partial charge in [0.05, 0.1) is 5.92 Å². The summed E-state index contributed by atoms with van der Waals surface area (Å²) >= 11 is 0. The van der Waals surface area contributed by atoms with Crippen molar-refractivity contribution in [3.8, 4) is 0 Å². The zero-order chi connectivity index (χ0) is 8.55. The number of rotatable bonds is 1. The molecule has 2 rings (SSSR count). The van der Waals surface area contributed by atoms with Gasteiger partial charge in [0.1, 0.15) is 5.82 Å². The molecule has 0 aliphatic carbocycles. The lowest BCUT2D eigenvalue weighted by Gasteiger charge is -2.07. The van der Waals surface area contributed by atoms with Gasteiger partial charge in [0.25, 0.3) is 0 Å². The molecule has 1 aromatic rings. The first-order chi connectivity index (χ1) is 5.79. The quantitative estimate of drug-likeness (QED) is 0.653. The van der Waals surface area contributed by atoms with Crippen LogP contribution in [0.2, 0.25) is 0 Å². The van der Waals surface area contributed by atoms with Crippen molar-refractivity contribution in [2.75, 3.05) is 13.6 Å². The fourth-order valence-corrected chi connectivity index (χ4v) is 1.54. The topological polar surface area (TPSA) is 49.0 Å². The third-order valence-corrected chi connectivity index (χ3v) is 2.28. The fraction of sp³-hybridized carbons (Fsp3) is 0.500. The van der Waals surface area contributed by atoms with E-state index in [0.29, 0.717) is 0 Å². The molecule has 12 heavy (non-hydrogen) atoms. The molecular weight excluding hydrogens is 154 g/mol. The number of likely N-dealkylation sites (tertiary alicyclic amines) is 1. The molecule has 1 aromatic heterocycles. The van der Waals surface area contributed by atoms with Gasteiger partial charge in [-0.3, -0.25) is 4.79 Å². The lowest BCUT2D eigenvalue weighted by atomic mass is 10.1. The second-order valence-corrected chi connectivity index (χ2v) is 3.08.